The highest BCUT2D eigenvalue weighted by molar-refractivity contribution is 5.79. The minimum absolute atomic E-state index is 0.106. The molecule has 1 aromatic carbocycles. The van der Waals surface area contributed by atoms with Crippen molar-refractivity contribution in [3.05, 3.63) is 35.6 Å². The molecule has 1 saturated heterocycles. The van der Waals surface area contributed by atoms with Crippen LogP contribution in [-0.2, 0) is 4.74 Å². The number of hydrogen-bond acceptors (Lipinski definition) is 4. The Bertz CT molecular complexity index is 562. The van der Waals surface area contributed by atoms with Crippen LogP contribution in [0.3, 0.4) is 0 Å². The second-order valence-corrected chi connectivity index (χ2v) is 6.39. The summed E-state index contributed by atoms with van der Waals surface area (Å²) >= 11 is 0. The summed E-state index contributed by atoms with van der Waals surface area (Å²) in [5.41, 5.74) is 0.119. The van der Waals surface area contributed by atoms with Gasteiger partial charge in [0, 0.05) is 37.3 Å². The topological polar surface area (TPSA) is 86.1 Å². The zero-order chi connectivity index (χ0) is 18.1. The van der Waals surface area contributed by atoms with E-state index in [9.17, 15) is 14.6 Å². The van der Waals surface area contributed by atoms with Gasteiger partial charge in [-0.1, -0.05) is 18.2 Å². The van der Waals surface area contributed by atoms with Crippen molar-refractivity contribution in [3.63, 3.8) is 0 Å². The Kier molecular flexibility index (Phi) is 7.61. The lowest BCUT2D eigenvalue weighted by Gasteiger charge is -2.25. The number of nitrogens with one attached hydrogen (secondary N) is 2. The van der Waals surface area contributed by atoms with Gasteiger partial charge in [0.15, 0.2) is 5.96 Å². The van der Waals surface area contributed by atoms with Gasteiger partial charge in [0.2, 0.25) is 0 Å². The molecule has 2 unspecified atom stereocenters. The van der Waals surface area contributed by atoms with Crippen LogP contribution in [0.4, 0.5) is 4.39 Å². The number of benzene rings is 1. The van der Waals surface area contributed by atoms with E-state index in [0.717, 1.165) is 6.42 Å². The number of ether oxygens (including phenoxy) is 1. The van der Waals surface area contributed by atoms with Crippen LogP contribution in [0.1, 0.15) is 31.4 Å². The summed E-state index contributed by atoms with van der Waals surface area (Å²) in [5, 5.41) is 25.6. The number of guanidine groups is 1. The number of hydrogen-bond donors (Lipinski definition) is 4. The largest absolute Gasteiger partial charge is 0.396 e. The van der Waals surface area contributed by atoms with Gasteiger partial charge in [0.05, 0.1) is 19.3 Å². The molecule has 25 heavy (non-hydrogen) atoms. The van der Waals surface area contributed by atoms with E-state index in [0.29, 0.717) is 38.7 Å². The van der Waals surface area contributed by atoms with E-state index < -0.39 is 11.9 Å². The molecule has 1 aliphatic rings. The molecule has 1 aromatic rings. The van der Waals surface area contributed by atoms with Crippen molar-refractivity contribution in [2.24, 2.45) is 10.4 Å². The smallest absolute Gasteiger partial charge is 0.191 e. The summed E-state index contributed by atoms with van der Waals surface area (Å²) < 4.78 is 19.2. The molecular formula is C18H28FN3O3. The summed E-state index contributed by atoms with van der Waals surface area (Å²) in [7, 11) is 0. The molecule has 1 aliphatic heterocycles. The molecule has 0 radical (unpaired) electrons. The van der Waals surface area contributed by atoms with Crippen molar-refractivity contribution in [2.45, 2.75) is 25.9 Å². The fourth-order valence-electron chi connectivity index (χ4n) is 2.92. The van der Waals surface area contributed by atoms with Crippen molar-refractivity contribution in [2.75, 3.05) is 39.5 Å². The second-order valence-electron chi connectivity index (χ2n) is 6.39. The number of nitrogens with zero attached hydrogens (tertiary/aromatic N) is 1. The Morgan fingerprint density at radius 3 is 2.84 bits per heavy atom. The van der Waals surface area contributed by atoms with Gasteiger partial charge in [-0.25, -0.2) is 4.39 Å². The molecule has 0 bridgehead atoms. The standard InChI is InChI=1S/C18H28FN3O3/c1-2-20-17(22-12-18(7-9-23)8-10-25-13-18)21-11-16(24)14-5-3-4-6-15(14)19/h3-6,16,23-24H,2,7-13H2,1H3,(H2,20,21,22). The average molecular weight is 353 g/mol. The van der Waals surface area contributed by atoms with Crippen molar-refractivity contribution in [3.8, 4) is 0 Å². The van der Waals surface area contributed by atoms with E-state index in [-0.39, 0.29) is 24.1 Å². The summed E-state index contributed by atoms with van der Waals surface area (Å²) in [5.74, 6) is 0.130. The van der Waals surface area contributed by atoms with Gasteiger partial charge in [-0.05, 0) is 25.8 Å². The van der Waals surface area contributed by atoms with Crippen LogP contribution in [0.2, 0.25) is 0 Å². The Hall–Kier alpha value is -1.70. The van der Waals surface area contributed by atoms with Gasteiger partial charge in [0.1, 0.15) is 5.82 Å². The third kappa shape index (κ3) is 5.66. The third-order valence-corrected chi connectivity index (χ3v) is 4.47. The van der Waals surface area contributed by atoms with E-state index in [4.69, 9.17) is 4.74 Å². The van der Waals surface area contributed by atoms with Crippen LogP contribution in [0.5, 0.6) is 0 Å². The molecule has 4 N–H and O–H groups in total. The maximum absolute atomic E-state index is 13.7. The fourth-order valence-corrected chi connectivity index (χ4v) is 2.92. The van der Waals surface area contributed by atoms with Crippen LogP contribution in [0, 0.1) is 11.2 Å². The predicted octanol–water partition coefficient (Wildman–Crippen LogP) is 1.20. The van der Waals surface area contributed by atoms with Gasteiger partial charge < -0.3 is 25.6 Å². The highest BCUT2D eigenvalue weighted by Crippen LogP contribution is 2.32. The van der Waals surface area contributed by atoms with Gasteiger partial charge in [0.25, 0.3) is 0 Å². The molecule has 6 nitrogen and oxygen atoms in total. The first-order valence-corrected chi connectivity index (χ1v) is 8.73. The molecule has 2 atom stereocenters. The zero-order valence-corrected chi connectivity index (χ0v) is 14.7. The van der Waals surface area contributed by atoms with Crippen molar-refractivity contribution < 1.29 is 19.3 Å². The zero-order valence-electron chi connectivity index (χ0n) is 14.7. The highest BCUT2D eigenvalue weighted by atomic mass is 19.1. The molecule has 2 rings (SSSR count). The number of aliphatic imine (C=N–C) groups is 1. The first-order valence-electron chi connectivity index (χ1n) is 8.73. The Morgan fingerprint density at radius 2 is 2.20 bits per heavy atom. The lowest BCUT2D eigenvalue weighted by molar-refractivity contribution is 0.131. The lowest BCUT2D eigenvalue weighted by Crippen LogP contribution is -2.40. The molecule has 0 aliphatic carbocycles. The second kappa shape index (κ2) is 9.70. The SMILES string of the molecule is CCNC(=NCC1(CCO)CCOC1)NCC(O)c1ccccc1F. The Labute approximate surface area is 148 Å². The number of halogens is 1. The molecule has 7 heteroatoms. The first-order chi connectivity index (χ1) is 12.1. The third-order valence-electron chi connectivity index (χ3n) is 4.47. The molecule has 140 valence electrons. The predicted molar refractivity (Wildman–Crippen MR) is 94.9 cm³/mol. The summed E-state index contributed by atoms with van der Waals surface area (Å²) in [6.07, 6.45) is 0.550. The van der Waals surface area contributed by atoms with Crippen molar-refractivity contribution >= 4 is 5.96 Å². The Balaban J connectivity index is 1.96. The molecule has 1 heterocycles. The van der Waals surface area contributed by atoms with Gasteiger partial charge >= 0.3 is 0 Å². The quantitative estimate of drug-likeness (QED) is 0.417. The number of aliphatic hydroxyl groups excluding tert-OH is 2. The summed E-state index contributed by atoms with van der Waals surface area (Å²) in [4.78, 5) is 4.57. The van der Waals surface area contributed by atoms with E-state index in [2.05, 4.69) is 15.6 Å². The average Bonchev–Trinajstić information content (AvgIpc) is 3.07. The molecule has 0 spiro atoms. The molecular weight excluding hydrogens is 325 g/mol. The highest BCUT2D eigenvalue weighted by Gasteiger charge is 2.34. The molecule has 0 amide bonds. The molecule has 0 aromatic heterocycles. The van der Waals surface area contributed by atoms with Crippen LogP contribution < -0.4 is 10.6 Å². The van der Waals surface area contributed by atoms with Crippen LogP contribution in [-0.4, -0.2) is 55.6 Å². The van der Waals surface area contributed by atoms with E-state index in [1.54, 1.807) is 18.2 Å². The van der Waals surface area contributed by atoms with E-state index >= 15 is 0 Å². The van der Waals surface area contributed by atoms with E-state index in [1.165, 1.54) is 6.07 Å². The van der Waals surface area contributed by atoms with Gasteiger partial charge in [-0.3, -0.25) is 4.99 Å². The maximum Gasteiger partial charge on any atom is 0.191 e. The summed E-state index contributed by atoms with van der Waals surface area (Å²) in [6, 6.07) is 6.18. The summed E-state index contributed by atoms with van der Waals surface area (Å²) in [6.45, 7) is 4.68. The monoisotopic (exact) mass is 353 g/mol. The van der Waals surface area contributed by atoms with Crippen molar-refractivity contribution in [1.82, 2.24) is 10.6 Å². The first kappa shape index (κ1) is 19.6. The molecule has 1 fully saturated rings. The minimum atomic E-state index is -0.966. The number of aliphatic hydroxyl groups is 2. The lowest BCUT2D eigenvalue weighted by atomic mass is 9.84. The van der Waals surface area contributed by atoms with Crippen molar-refractivity contribution in [1.29, 1.82) is 0 Å². The van der Waals surface area contributed by atoms with Crippen LogP contribution >= 0.6 is 0 Å². The van der Waals surface area contributed by atoms with Gasteiger partial charge in [-0.15, -0.1) is 0 Å². The maximum atomic E-state index is 13.7. The Morgan fingerprint density at radius 1 is 1.40 bits per heavy atom. The fraction of sp³-hybridized carbons (Fsp3) is 0.611. The minimum Gasteiger partial charge on any atom is -0.396 e. The molecule has 0 saturated carbocycles. The van der Waals surface area contributed by atoms with Crippen LogP contribution in [0.15, 0.2) is 29.3 Å². The van der Waals surface area contributed by atoms with Gasteiger partial charge in [-0.2, -0.15) is 0 Å². The van der Waals surface area contributed by atoms with E-state index in [1.807, 2.05) is 6.92 Å². The number of rotatable bonds is 8. The normalized spacial score (nSPS) is 22.0. The van der Waals surface area contributed by atoms with Crippen LogP contribution in [0.25, 0.3) is 0 Å².